The quantitative estimate of drug-likeness (QED) is 0.288. The maximum absolute atomic E-state index is 13.6. The Hall–Kier alpha value is -2.44. The molecule has 0 aliphatic rings. The van der Waals surface area contributed by atoms with E-state index in [1.165, 1.54) is 11.3 Å². The van der Waals surface area contributed by atoms with Gasteiger partial charge in [-0.3, -0.25) is 4.79 Å². The molecule has 1 heterocycles. The van der Waals surface area contributed by atoms with E-state index in [4.69, 9.17) is 27.9 Å². The average Bonchev–Trinajstić information content (AvgIpc) is 3.16. The van der Waals surface area contributed by atoms with Crippen molar-refractivity contribution in [1.82, 2.24) is 4.57 Å². The molecule has 0 radical (unpaired) electrons. The van der Waals surface area contributed by atoms with Crippen LogP contribution in [0, 0.1) is 0 Å². The van der Waals surface area contributed by atoms with Crippen LogP contribution in [0.15, 0.2) is 77.8 Å². The fraction of sp³-hybridized carbons (Fsp3) is 0.200. The second-order valence-electron chi connectivity index (χ2n) is 7.15. The van der Waals surface area contributed by atoms with Crippen molar-refractivity contribution in [3.8, 4) is 0 Å². The van der Waals surface area contributed by atoms with Gasteiger partial charge in [-0.25, -0.2) is 0 Å². The largest absolute Gasteiger partial charge is 0.380 e. The van der Waals surface area contributed by atoms with Crippen molar-refractivity contribution in [3.63, 3.8) is 0 Å². The molecule has 164 valence electrons. The minimum atomic E-state index is -0.498. The fourth-order valence-corrected chi connectivity index (χ4v) is 5.17. The lowest BCUT2D eigenvalue weighted by Gasteiger charge is -2.14. The van der Waals surface area contributed by atoms with Gasteiger partial charge in [-0.05, 0) is 30.2 Å². The molecule has 4 aromatic rings. The van der Waals surface area contributed by atoms with E-state index in [1.54, 1.807) is 6.07 Å². The zero-order valence-electron chi connectivity index (χ0n) is 17.5. The SMILES string of the molecule is CCOCCn1c(=NC(=O)C(c2ccccc2)c2ccccc2)sc2ccc(Cl)c(Cl)c21. The van der Waals surface area contributed by atoms with E-state index >= 15 is 0 Å². The van der Waals surface area contributed by atoms with E-state index in [2.05, 4.69) is 4.99 Å². The van der Waals surface area contributed by atoms with Crippen LogP contribution in [0.25, 0.3) is 10.2 Å². The summed E-state index contributed by atoms with van der Waals surface area (Å²) in [5.74, 6) is -0.733. The highest BCUT2D eigenvalue weighted by Gasteiger charge is 2.23. The summed E-state index contributed by atoms with van der Waals surface area (Å²) in [6.45, 7) is 3.54. The van der Waals surface area contributed by atoms with Crippen LogP contribution in [0.2, 0.25) is 10.0 Å². The van der Waals surface area contributed by atoms with E-state index in [-0.39, 0.29) is 5.91 Å². The number of thiazole rings is 1. The highest BCUT2D eigenvalue weighted by Crippen LogP contribution is 2.32. The summed E-state index contributed by atoms with van der Waals surface area (Å²) in [6, 6.07) is 23.1. The van der Waals surface area contributed by atoms with E-state index < -0.39 is 5.92 Å². The normalized spacial score (nSPS) is 12.1. The highest BCUT2D eigenvalue weighted by atomic mass is 35.5. The first kappa shape index (κ1) is 22.7. The molecule has 3 aromatic carbocycles. The Balaban J connectivity index is 1.85. The van der Waals surface area contributed by atoms with Gasteiger partial charge >= 0.3 is 0 Å². The Kier molecular flexibility index (Phi) is 7.43. The van der Waals surface area contributed by atoms with Gasteiger partial charge in [-0.1, -0.05) is 95.2 Å². The van der Waals surface area contributed by atoms with E-state index in [0.29, 0.717) is 34.6 Å². The van der Waals surface area contributed by atoms with E-state index in [1.807, 2.05) is 78.2 Å². The predicted molar refractivity (Wildman–Crippen MR) is 132 cm³/mol. The van der Waals surface area contributed by atoms with Gasteiger partial charge in [0, 0.05) is 13.2 Å². The smallest absolute Gasteiger partial charge is 0.260 e. The van der Waals surface area contributed by atoms with Gasteiger partial charge < -0.3 is 9.30 Å². The molecule has 7 heteroatoms. The number of hydrogen-bond donors (Lipinski definition) is 0. The third kappa shape index (κ3) is 4.81. The topological polar surface area (TPSA) is 43.6 Å². The van der Waals surface area contributed by atoms with Gasteiger partial charge in [0.1, 0.15) is 0 Å². The van der Waals surface area contributed by atoms with E-state index in [0.717, 1.165) is 21.3 Å². The van der Waals surface area contributed by atoms with Crippen molar-refractivity contribution in [2.75, 3.05) is 13.2 Å². The van der Waals surface area contributed by atoms with Crippen LogP contribution < -0.4 is 4.80 Å². The van der Waals surface area contributed by atoms with Crippen molar-refractivity contribution in [1.29, 1.82) is 0 Å². The minimum Gasteiger partial charge on any atom is -0.380 e. The number of halogens is 2. The number of carbonyl (C=O) groups is 1. The van der Waals surface area contributed by atoms with Crippen LogP contribution >= 0.6 is 34.5 Å². The number of fused-ring (bicyclic) bond motifs is 1. The molecular weight excluding hydrogens is 463 g/mol. The van der Waals surface area contributed by atoms with Crippen LogP contribution in [-0.4, -0.2) is 23.7 Å². The summed E-state index contributed by atoms with van der Waals surface area (Å²) < 4.78 is 8.39. The lowest BCUT2D eigenvalue weighted by atomic mass is 9.91. The molecule has 4 rings (SSSR count). The predicted octanol–water partition coefficient (Wildman–Crippen LogP) is 6.31. The van der Waals surface area contributed by atoms with Gasteiger partial charge in [0.25, 0.3) is 5.91 Å². The van der Waals surface area contributed by atoms with E-state index in [9.17, 15) is 4.79 Å². The molecule has 0 bridgehead atoms. The second kappa shape index (κ2) is 10.5. The number of amides is 1. The summed E-state index contributed by atoms with van der Waals surface area (Å²) in [5, 5.41) is 0.917. The molecule has 0 spiro atoms. The molecule has 0 aliphatic heterocycles. The van der Waals surface area contributed by atoms with Gasteiger partial charge in [0.2, 0.25) is 0 Å². The summed E-state index contributed by atoms with van der Waals surface area (Å²) in [7, 11) is 0. The molecule has 0 aliphatic carbocycles. The van der Waals surface area contributed by atoms with Crippen LogP contribution in [0.1, 0.15) is 24.0 Å². The zero-order valence-corrected chi connectivity index (χ0v) is 19.8. The summed E-state index contributed by atoms with van der Waals surface area (Å²) in [4.78, 5) is 18.7. The molecule has 32 heavy (non-hydrogen) atoms. The third-order valence-electron chi connectivity index (χ3n) is 5.12. The fourth-order valence-electron chi connectivity index (χ4n) is 3.62. The number of benzene rings is 3. The average molecular weight is 485 g/mol. The van der Waals surface area contributed by atoms with Crippen molar-refractivity contribution in [2.24, 2.45) is 4.99 Å². The van der Waals surface area contributed by atoms with Gasteiger partial charge in [-0.15, -0.1) is 0 Å². The lowest BCUT2D eigenvalue weighted by Crippen LogP contribution is -2.22. The molecule has 1 aromatic heterocycles. The monoisotopic (exact) mass is 484 g/mol. The first-order valence-electron chi connectivity index (χ1n) is 10.3. The van der Waals surface area contributed by atoms with Crippen molar-refractivity contribution in [2.45, 2.75) is 19.4 Å². The lowest BCUT2D eigenvalue weighted by molar-refractivity contribution is -0.118. The molecule has 0 unspecified atom stereocenters. The molecule has 1 amide bonds. The first-order chi connectivity index (χ1) is 15.6. The number of nitrogens with zero attached hydrogens (tertiary/aromatic N) is 2. The molecule has 0 N–H and O–H groups in total. The summed E-state index contributed by atoms with van der Waals surface area (Å²) in [6.07, 6.45) is 0. The number of ether oxygens (including phenoxy) is 1. The molecule has 0 saturated carbocycles. The molecule has 0 fully saturated rings. The maximum Gasteiger partial charge on any atom is 0.260 e. The number of rotatable bonds is 7. The van der Waals surface area contributed by atoms with Crippen LogP contribution in [-0.2, 0) is 16.1 Å². The summed E-state index contributed by atoms with van der Waals surface area (Å²) >= 11 is 14.2. The van der Waals surface area contributed by atoms with Crippen molar-refractivity contribution >= 4 is 50.7 Å². The Morgan fingerprint density at radius 3 is 2.22 bits per heavy atom. The molecule has 0 saturated heterocycles. The molecule has 4 nitrogen and oxygen atoms in total. The number of carbonyl (C=O) groups excluding carboxylic acids is 1. The van der Waals surface area contributed by atoms with Crippen LogP contribution in [0.3, 0.4) is 0 Å². The Morgan fingerprint density at radius 2 is 1.62 bits per heavy atom. The van der Waals surface area contributed by atoms with Crippen LogP contribution in [0.4, 0.5) is 0 Å². The highest BCUT2D eigenvalue weighted by molar-refractivity contribution is 7.16. The number of hydrogen-bond acceptors (Lipinski definition) is 3. The zero-order chi connectivity index (χ0) is 22.5. The van der Waals surface area contributed by atoms with Gasteiger partial charge in [0.05, 0.1) is 32.8 Å². The Morgan fingerprint density at radius 1 is 1.00 bits per heavy atom. The third-order valence-corrected chi connectivity index (χ3v) is 6.95. The summed E-state index contributed by atoms with van der Waals surface area (Å²) in [5.41, 5.74) is 2.57. The number of aromatic nitrogens is 1. The van der Waals surface area contributed by atoms with Crippen molar-refractivity contribution < 1.29 is 9.53 Å². The van der Waals surface area contributed by atoms with Gasteiger partial charge in [-0.2, -0.15) is 4.99 Å². The van der Waals surface area contributed by atoms with Gasteiger partial charge in [0.15, 0.2) is 4.80 Å². The Bertz CT molecular complexity index is 1240. The maximum atomic E-state index is 13.6. The molecular formula is C25H22Cl2N2O2S. The minimum absolute atomic E-state index is 0.235. The first-order valence-corrected chi connectivity index (χ1v) is 11.9. The Labute approximate surface area is 200 Å². The second-order valence-corrected chi connectivity index (χ2v) is 8.94. The molecule has 0 atom stereocenters. The standard InChI is InChI=1S/C25H22Cl2N2O2S/c1-2-31-16-15-29-23-20(14-13-19(26)22(23)27)32-25(29)28-24(30)21(17-9-5-3-6-10-17)18-11-7-4-8-12-18/h3-14,21H,2,15-16H2,1H3. The van der Waals surface area contributed by atoms with Crippen molar-refractivity contribution in [3.05, 3.63) is 98.8 Å². The van der Waals surface area contributed by atoms with Crippen LogP contribution in [0.5, 0.6) is 0 Å².